The number of hydrogen-bond acceptors (Lipinski definition) is 5. The molecule has 0 saturated heterocycles. The Labute approximate surface area is 188 Å². The molecule has 0 unspecified atom stereocenters. The minimum atomic E-state index is -0.728. The molecule has 2 N–H and O–H groups in total. The summed E-state index contributed by atoms with van der Waals surface area (Å²) >= 11 is 0. The molecular formula is C25H30N4O3. The van der Waals surface area contributed by atoms with Crippen LogP contribution in [-0.4, -0.2) is 55.1 Å². The average molecular weight is 435 g/mol. The summed E-state index contributed by atoms with van der Waals surface area (Å²) in [5.41, 5.74) is 4.24. The van der Waals surface area contributed by atoms with Gasteiger partial charge in [0.05, 0.1) is 0 Å². The maximum atomic E-state index is 12.9. The van der Waals surface area contributed by atoms with E-state index in [0.717, 1.165) is 16.7 Å². The topological polar surface area (TPSA) is 87.5 Å². The minimum absolute atomic E-state index is 0.136. The molecule has 0 radical (unpaired) electrons. The fraction of sp³-hybridized carbons (Fsp3) is 0.320. The standard InChI is InChI=1S/C25H30N4O3/c1-17-10-11-20(14-18(17)2)23-16-22(28-32-23)25(31)27-21(15-19-8-6-5-7-9-19)24(30)26-12-13-29(3)4/h5-11,14,16,21H,12-13,15H2,1-4H3,(H,26,30)(H,27,31)/t21-/m1/s1. The van der Waals surface area contributed by atoms with Gasteiger partial charge in [-0.1, -0.05) is 47.6 Å². The second kappa shape index (κ2) is 10.7. The van der Waals surface area contributed by atoms with Crippen LogP contribution in [0.1, 0.15) is 27.2 Å². The highest BCUT2D eigenvalue weighted by atomic mass is 16.5. The van der Waals surface area contributed by atoms with Crippen molar-refractivity contribution in [2.75, 3.05) is 27.2 Å². The molecule has 2 aromatic carbocycles. The van der Waals surface area contributed by atoms with E-state index in [0.29, 0.717) is 25.3 Å². The number of hydrogen-bond donors (Lipinski definition) is 2. The second-order valence-corrected chi connectivity index (χ2v) is 8.19. The molecule has 0 bridgehead atoms. The Bertz CT molecular complexity index is 1060. The maximum absolute atomic E-state index is 12.9. The van der Waals surface area contributed by atoms with Crippen LogP contribution < -0.4 is 10.6 Å². The molecule has 3 aromatic rings. The smallest absolute Gasteiger partial charge is 0.274 e. The number of rotatable bonds is 9. The molecule has 0 aliphatic carbocycles. The average Bonchev–Trinajstić information content (AvgIpc) is 3.26. The molecule has 3 rings (SSSR count). The number of benzene rings is 2. The van der Waals surface area contributed by atoms with Crippen LogP contribution >= 0.6 is 0 Å². The summed E-state index contributed by atoms with van der Waals surface area (Å²) in [6, 6.07) is 16.4. The molecule has 0 saturated carbocycles. The predicted molar refractivity (Wildman–Crippen MR) is 124 cm³/mol. The van der Waals surface area contributed by atoms with Crippen LogP contribution in [0, 0.1) is 13.8 Å². The van der Waals surface area contributed by atoms with Gasteiger partial charge in [0.25, 0.3) is 5.91 Å². The van der Waals surface area contributed by atoms with Crippen molar-refractivity contribution in [3.8, 4) is 11.3 Å². The van der Waals surface area contributed by atoms with E-state index >= 15 is 0 Å². The van der Waals surface area contributed by atoms with Gasteiger partial charge >= 0.3 is 0 Å². The largest absolute Gasteiger partial charge is 0.355 e. The molecule has 1 atom stereocenters. The maximum Gasteiger partial charge on any atom is 0.274 e. The van der Waals surface area contributed by atoms with Crippen molar-refractivity contribution in [2.45, 2.75) is 26.3 Å². The van der Waals surface area contributed by atoms with Crippen molar-refractivity contribution in [3.63, 3.8) is 0 Å². The van der Waals surface area contributed by atoms with E-state index in [9.17, 15) is 9.59 Å². The molecule has 0 aliphatic heterocycles. The highest BCUT2D eigenvalue weighted by molar-refractivity contribution is 5.96. The van der Waals surface area contributed by atoms with Gasteiger partial charge in [-0.15, -0.1) is 0 Å². The highest BCUT2D eigenvalue weighted by Gasteiger charge is 2.24. The Morgan fingerprint density at radius 1 is 1.03 bits per heavy atom. The molecule has 7 heteroatoms. The van der Waals surface area contributed by atoms with Crippen molar-refractivity contribution in [1.29, 1.82) is 0 Å². The second-order valence-electron chi connectivity index (χ2n) is 8.19. The summed E-state index contributed by atoms with van der Waals surface area (Å²) in [6.45, 7) is 5.26. The summed E-state index contributed by atoms with van der Waals surface area (Å²) < 4.78 is 5.40. The minimum Gasteiger partial charge on any atom is -0.355 e. The van der Waals surface area contributed by atoms with E-state index in [2.05, 4.69) is 15.8 Å². The van der Waals surface area contributed by atoms with E-state index in [4.69, 9.17) is 4.52 Å². The zero-order chi connectivity index (χ0) is 23.1. The number of amides is 2. The number of aryl methyl sites for hydroxylation is 2. The lowest BCUT2D eigenvalue weighted by Crippen LogP contribution is -2.49. The van der Waals surface area contributed by atoms with Crippen LogP contribution in [0.5, 0.6) is 0 Å². The van der Waals surface area contributed by atoms with Crippen molar-refractivity contribution in [2.24, 2.45) is 0 Å². The lowest BCUT2D eigenvalue weighted by atomic mass is 10.0. The van der Waals surface area contributed by atoms with E-state index in [1.165, 1.54) is 5.56 Å². The number of nitrogens with one attached hydrogen (secondary N) is 2. The first-order chi connectivity index (χ1) is 15.3. The molecule has 1 aromatic heterocycles. The summed E-state index contributed by atoms with van der Waals surface area (Å²) in [5.74, 6) is -0.178. The first-order valence-electron chi connectivity index (χ1n) is 10.6. The number of carbonyl (C=O) groups is 2. The number of nitrogens with zero attached hydrogens (tertiary/aromatic N) is 2. The highest BCUT2D eigenvalue weighted by Crippen LogP contribution is 2.23. The van der Waals surface area contributed by atoms with Crippen LogP contribution in [0.4, 0.5) is 0 Å². The Morgan fingerprint density at radius 3 is 2.47 bits per heavy atom. The third-order valence-electron chi connectivity index (χ3n) is 5.30. The van der Waals surface area contributed by atoms with Gasteiger partial charge in [-0.3, -0.25) is 9.59 Å². The monoisotopic (exact) mass is 434 g/mol. The summed E-state index contributed by atoms with van der Waals surface area (Å²) in [7, 11) is 3.88. The molecule has 7 nitrogen and oxygen atoms in total. The number of carbonyl (C=O) groups excluding carboxylic acids is 2. The van der Waals surface area contributed by atoms with Crippen molar-refractivity contribution >= 4 is 11.8 Å². The number of aromatic nitrogens is 1. The Balaban J connectivity index is 1.73. The van der Waals surface area contributed by atoms with Gasteiger partial charge in [-0.05, 0) is 50.7 Å². The summed E-state index contributed by atoms with van der Waals surface area (Å²) in [6.07, 6.45) is 0.377. The SMILES string of the molecule is Cc1ccc(-c2cc(C(=O)N[C@H](Cc3ccccc3)C(=O)NCCN(C)C)no2)cc1C. The molecule has 0 aliphatic rings. The van der Waals surface area contributed by atoms with Crippen LogP contribution in [0.3, 0.4) is 0 Å². The van der Waals surface area contributed by atoms with E-state index in [1.807, 2.05) is 81.4 Å². The van der Waals surface area contributed by atoms with Crippen molar-refractivity contribution in [3.05, 3.63) is 77.0 Å². The fourth-order valence-electron chi connectivity index (χ4n) is 3.23. The van der Waals surface area contributed by atoms with Gasteiger partial charge in [0, 0.05) is 31.1 Å². The van der Waals surface area contributed by atoms with Crippen LogP contribution in [0.2, 0.25) is 0 Å². The lowest BCUT2D eigenvalue weighted by molar-refractivity contribution is -0.123. The predicted octanol–water partition coefficient (Wildman–Crippen LogP) is 2.98. The zero-order valence-electron chi connectivity index (χ0n) is 19.0. The van der Waals surface area contributed by atoms with Gasteiger partial charge in [0.2, 0.25) is 5.91 Å². The number of likely N-dealkylation sites (N-methyl/N-ethyl adjacent to an activating group) is 1. The van der Waals surface area contributed by atoms with E-state index in [1.54, 1.807) is 6.07 Å². The van der Waals surface area contributed by atoms with E-state index < -0.39 is 11.9 Å². The van der Waals surface area contributed by atoms with Crippen LogP contribution in [0.25, 0.3) is 11.3 Å². The Kier molecular flexibility index (Phi) is 7.78. The van der Waals surface area contributed by atoms with Gasteiger partial charge in [-0.2, -0.15) is 0 Å². The fourth-order valence-corrected chi connectivity index (χ4v) is 3.23. The first-order valence-corrected chi connectivity index (χ1v) is 10.6. The van der Waals surface area contributed by atoms with Crippen LogP contribution in [0.15, 0.2) is 59.1 Å². The molecule has 32 heavy (non-hydrogen) atoms. The summed E-state index contributed by atoms with van der Waals surface area (Å²) in [4.78, 5) is 27.7. The lowest BCUT2D eigenvalue weighted by Gasteiger charge is -2.19. The normalized spacial score (nSPS) is 11.9. The first kappa shape index (κ1) is 23.2. The summed E-state index contributed by atoms with van der Waals surface area (Å²) in [5, 5.41) is 9.64. The molecule has 2 amide bonds. The Hall–Kier alpha value is -3.45. The molecule has 1 heterocycles. The quantitative estimate of drug-likeness (QED) is 0.541. The van der Waals surface area contributed by atoms with Crippen LogP contribution in [-0.2, 0) is 11.2 Å². The van der Waals surface area contributed by atoms with Gasteiger partial charge < -0.3 is 20.1 Å². The van der Waals surface area contributed by atoms with Crippen molar-refractivity contribution in [1.82, 2.24) is 20.7 Å². The molecule has 0 fully saturated rings. The zero-order valence-corrected chi connectivity index (χ0v) is 19.0. The molecular weight excluding hydrogens is 404 g/mol. The van der Waals surface area contributed by atoms with Gasteiger partial charge in [0.15, 0.2) is 11.5 Å². The molecule has 168 valence electrons. The molecule has 0 spiro atoms. The van der Waals surface area contributed by atoms with Gasteiger partial charge in [0.1, 0.15) is 6.04 Å². The third-order valence-corrected chi connectivity index (χ3v) is 5.30. The van der Waals surface area contributed by atoms with Crippen molar-refractivity contribution < 1.29 is 14.1 Å². The third kappa shape index (κ3) is 6.28. The Morgan fingerprint density at radius 2 is 1.78 bits per heavy atom. The van der Waals surface area contributed by atoms with E-state index in [-0.39, 0.29) is 11.6 Å². The van der Waals surface area contributed by atoms with Gasteiger partial charge in [-0.25, -0.2) is 0 Å².